The Morgan fingerprint density at radius 1 is 1.37 bits per heavy atom. The molecule has 1 fully saturated rings. The molecule has 2 atom stereocenters. The van der Waals surface area contributed by atoms with Gasteiger partial charge in [-0.3, -0.25) is 0 Å². The predicted octanol–water partition coefficient (Wildman–Crippen LogP) is 3.29. The maximum absolute atomic E-state index is 5.59. The topological polar surface area (TPSA) is 47.0 Å². The zero-order valence-corrected chi connectivity index (χ0v) is 12.4. The van der Waals surface area contributed by atoms with E-state index in [1.807, 2.05) is 0 Å². The van der Waals surface area contributed by atoms with Gasteiger partial charge in [-0.25, -0.2) is 9.97 Å². The fraction of sp³-hybridized carbons (Fsp3) is 0.571. The molecule has 102 valence electrons. The van der Waals surface area contributed by atoms with Crippen LogP contribution in [0.1, 0.15) is 30.2 Å². The number of thiophene rings is 1. The Morgan fingerprint density at radius 3 is 3.00 bits per heavy atom. The van der Waals surface area contributed by atoms with E-state index in [0.29, 0.717) is 12.1 Å². The number of hydrogen-bond acceptors (Lipinski definition) is 5. The Kier molecular flexibility index (Phi) is 3.41. The van der Waals surface area contributed by atoms with E-state index in [0.717, 1.165) is 30.1 Å². The van der Waals surface area contributed by atoms with Crippen molar-refractivity contribution in [2.45, 2.75) is 45.8 Å². The van der Waals surface area contributed by atoms with E-state index in [-0.39, 0.29) is 0 Å². The monoisotopic (exact) mass is 277 g/mol. The van der Waals surface area contributed by atoms with Crippen LogP contribution in [0, 0.1) is 13.8 Å². The molecule has 5 heteroatoms. The molecule has 2 unspecified atom stereocenters. The van der Waals surface area contributed by atoms with Crippen LogP contribution in [0.4, 0.5) is 5.82 Å². The van der Waals surface area contributed by atoms with Crippen LogP contribution in [-0.4, -0.2) is 28.7 Å². The Hall–Kier alpha value is -1.20. The van der Waals surface area contributed by atoms with Gasteiger partial charge in [-0.05, 0) is 39.2 Å². The van der Waals surface area contributed by atoms with Crippen molar-refractivity contribution in [1.82, 2.24) is 9.97 Å². The largest absolute Gasteiger partial charge is 0.378 e. The van der Waals surface area contributed by atoms with Crippen LogP contribution in [0.5, 0.6) is 0 Å². The van der Waals surface area contributed by atoms with Gasteiger partial charge in [0, 0.05) is 17.5 Å². The molecule has 1 N–H and O–H groups in total. The molecule has 3 rings (SSSR count). The van der Waals surface area contributed by atoms with Crippen LogP contribution < -0.4 is 5.32 Å². The highest BCUT2D eigenvalue weighted by atomic mass is 32.1. The van der Waals surface area contributed by atoms with Crippen molar-refractivity contribution >= 4 is 27.4 Å². The fourth-order valence-electron chi connectivity index (χ4n) is 2.61. The predicted molar refractivity (Wildman–Crippen MR) is 78.9 cm³/mol. The van der Waals surface area contributed by atoms with Crippen molar-refractivity contribution in [3.8, 4) is 0 Å². The standard InChI is InChI=1S/C14H19N3OS/c1-8-6-11(4-5-18-8)17-13-12-9(2)10(3)19-14(12)16-7-15-13/h7-8,11H,4-6H2,1-3H3,(H,15,16,17). The highest BCUT2D eigenvalue weighted by Gasteiger charge is 2.21. The molecule has 1 aliphatic heterocycles. The second-order valence-electron chi connectivity index (χ2n) is 5.23. The summed E-state index contributed by atoms with van der Waals surface area (Å²) in [5.74, 6) is 0.978. The molecule has 1 saturated heterocycles. The summed E-state index contributed by atoms with van der Waals surface area (Å²) in [6.07, 6.45) is 4.06. The normalized spacial score (nSPS) is 23.7. The van der Waals surface area contributed by atoms with E-state index >= 15 is 0 Å². The van der Waals surface area contributed by atoms with Gasteiger partial charge in [0.2, 0.25) is 0 Å². The van der Waals surface area contributed by atoms with Crippen LogP contribution in [0.2, 0.25) is 0 Å². The van der Waals surface area contributed by atoms with Crippen molar-refractivity contribution < 1.29 is 4.74 Å². The summed E-state index contributed by atoms with van der Waals surface area (Å²) in [5.41, 5.74) is 1.29. The third kappa shape index (κ3) is 2.44. The van der Waals surface area contributed by atoms with E-state index in [1.54, 1.807) is 17.7 Å². The number of rotatable bonds is 2. The summed E-state index contributed by atoms with van der Waals surface area (Å²) in [5, 5.41) is 4.77. The smallest absolute Gasteiger partial charge is 0.138 e. The van der Waals surface area contributed by atoms with Crippen molar-refractivity contribution in [1.29, 1.82) is 0 Å². The van der Waals surface area contributed by atoms with Crippen LogP contribution >= 0.6 is 11.3 Å². The Morgan fingerprint density at radius 2 is 2.21 bits per heavy atom. The van der Waals surface area contributed by atoms with Gasteiger partial charge in [-0.1, -0.05) is 0 Å². The summed E-state index contributed by atoms with van der Waals surface area (Å²) in [6, 6.07) is 0.446. The average Bonchev–Trinajstić information content (AvgIpc) is 2.66. The minimum absolute atomic E-state index is 0.328. The maximum atomic E-state index is 5.59. The van der Waals surface area contributed by atoms with E-state index in [2.05, 4.69) is 36.1 Å². The zero-order valence-electron chi connectivity index (χ0n) is 11.6. The van der Waals surface area contributed by atoms with Crippen molar-refractivity contribution in [3.05, 3.63) is 16.8 Å². The summed E-state index contributed by atoms with van der Waals surface area (Å²) >= 11 is 1.74. The maximum Gasteiger partial charge on any atom is 0.138 e. The minimum atomic E-state index is 0.328. The van der Waals surface area contributed by atoms with Crippen LogP contribution in [0.25, 0.3) is 10.2 Å². The molecule has 0 amide bonds. The highest BCUT2D eigenvalue weighted by Crippen LogP contribution is 2.33. The average molecular weight is 277 g/mol. The number of nitrogens with zero attached hydrogens (tertiary/aromatic N) is 2. The second kappa shape index (κ2) is 5.06. The number of aryl methyl sites for hydroxylation is 2. The lowest BCUT2D eigenvalue weighted by Gasteiger charge is -2.28. The molecule has 4 nitrogen and oxygen atoms in total. The second-order valence-corrected chi connectivity index (χ2v) is 6.44. The molecular weight excluding hydrogens is 258 g/mol. The van der Waals surface area contributed by atoms with E-state index in [4.69, 9.17) is 4.74 Å². The lowest BCUT2D eigenvalue weighted by atomic mass is 10.0. The molecule has 0 bridgehead atoms. The first-order valence-corrected chi connectivity index (χ1v) is 7.55. The number of aromatic nitrogens is 2. The molecule has 19 heavy (non-hydrogen) atoms. The highest BCUT2D eigenvalue weighted by molar-refractivity contribution is 7.18. The molecule has 0 radical (unpaired) electrons. The lowest BCUT2D eigenvalue weighted by molar-refractivity contribution is 0.0232. The van der Waals surface area contributed by atoms with Gasteiger partial charge in [0.05, 0.1) is 11.5 Å². The summed E-state index contributed by atoms with van der Waals surface area (Å²) in [7, 11) is 0. The van der Waals surface area contributed by atoms with E-state index in [1.165, 1.54) is 15.8 Å². The molecule has 0 aromatic carbocycles. The molecule has 1 aliphatic rings. The van der Waals surface area contributed by atoms with Gasteiger partial charge < -0.3 is 10.1 Å². The Balaban J connectivity index is 1.92. The van der Waals surface area contributed by atoms with Gasteiger partial charge in [0.1, 0.15) is 17.0 Å². The quantitative estimate of drug-likeness (QED) is 0.915. The summed E-state index contributed by atoms with van der Waals surface area (Å²) < 4.78 is 5.59. The van der Waals surface area contributed by atoms with Gasteiger partial charge in [-0.2, -0.15) is 0 Å². The summed E-state index contributed by atoms with van der Waals surface area (Å²) in [4.78, 5) is 11.2. The first kappa shape index (κ1) is 12.8. The molecule has 3 heterocycles. The van der Waals surface area contributed by atoms with Crippen molar-refractivity contribution in [2.24, 2.45) is 0 Å². The van der Waals surface area contributed by atoms with Crippen LogP contribution in [-0.2, 0) is 4.74 Å². The molecule has 0 saturated carbocycles. The Labute approximate surface area is 117 Å². The number of nitrogens with one attached hydrogen (secondary N) is 1. The third-order valence-electron chi connectivity index (χ3n) is 3.79. The number of ether oxygens (including phenoxy) is 1. The minimum Gasteiger partial charge on any atom is -0.378 e. The van der Waals surface area contributed by atoms with Gasteiger partial charge in [0.15, 0.2) is 0 Å². The number of fused-ring (bicyclic) bond motifs is 1. The molecule has 0 spiro atoms. The SMILES string of the molecule is Cc1sc2ncnc(NC3CCOC(C)C3)c2c1C. The fourth-order valence-corrected chi connectivity index (χ4v) is 3.61. The van der Waals surface area contributed by atoms with Crippen LogP contribution in [0.15, 0.2) is 6.33 Å². The van der Waals surface area contributed by atoms with Gasteiger partial charge >= 0.3 is 0 Å². The van der Waals surface area contributed by atoms with Crippen molar-refractivity contribution in [2.75, 3.05) is 11.9 Å². The molecule has 2 aromatic rings. The van der Waals surface area contributed by atoms with Crippen LogP contribution in [0.3, 0.4) is 0 Å². The first-order valence-electron chi connectivity index (χ1n) is 6.74. The molecular formula is C14H19N3OS. The van der Waals surface area contributed by atoms with Gasteiger partial charge in [-0.15, -0.1) is 11.3 Å². The van der Waals surface area contributed by atoms with E-state index in [9.17, 15) is 0 Å². The van der Waals surface area contributed by atoms with Crippen molar-refractivity contribution in [3.63, 3.8) is 0 Å². The first-order chi connectivity index (χ1) is 9.15. The number of hydrogen-bond donors (Lipinski definition) is 1. The summed E-state index contributed by atoms with van der Waals surface area (Å²) in [6.45, 7) is 7.25. The third-order valence-corrected chi connectivity index (χ3v) is 4.91. The van der Waals surface area contributed by atoms with E-state index < -0.39 is 0 Å². The molecule has 0 aliphatic carbocycles. The number of anilines is 1. The Bertz CT molecular complexity index is 596. The molecule has 2 aromatic heterocycles. The zero-order chi connectivity index (χ0) is 13.4. The lowest BCUT2D eigenvalue weighted by Crippen LogP contribution is -2.32. The van der Waals surface area contributed by atoms with Gasteiger partial charge in [0.25, 0.3) is 0 Å².